The smallest absolute Gasteiger partial charge is 0.227 e. The van der Waals surface area contributed by atoms with Crippen molar-refractivity contribution in [2.24, 2.45) is 11.8 Å². The van der Waals surface area contributed by atoms with E-state index in [0.29, 0.717) is 13.0 Å². The molecule has 2 fully saturated rings. The maximum absolute atomic E-state index is 12.7. The fourth-order valence-corrected chi connectivity index (χ4v) is 3.06. The Balaban J connectivity index is 1.92. The molecule has 0 bridgehead atoms. The minimum atomic E-state index is 0.0320. The Bertz CT molecular complexity index is 352. The molecule has 0 N–H and O–H groups in total. The second kappa shape index (κ2) is 7.09. The topological polar surface area (TPSA) is 40.6 Å². The summed E-state index contributed by atoms with van der Waals surface area (Å²) in [5.74, 6) is 1.24. The molecule has 2 amide bonds. The normalized spacial score (nSPS) is 22.7. The van der Waals surface area contributed by atoms with Crippen LogP contribution in [0.25, 0.3) is 0 Å². The van der Waals surface area contributed by atoms with Crippen molar-refractivity contribution < 1.29 is 9.59 Å². The van der Waals surface area contributed by atoms with Gasteiger partial charge in [-0.05, 0) is 38.0 Å². The molecule has 1 heterocycles. The van der Waals surface area contributed by atoms with Gasteiger partial charge in [-0.25, -0.2) is 0 Å². The molecule has 1 saturated carbocycles. The molecule has 0 aromatic carbocycles. The molecule has 1 aliphatic carbocycles. The first-order valence-electron chi connectivity index (χ1n) is 8.22. The lowest BCUT2D eigenvalue weighted by Gasteiger charge is -2.35. The Morgan fingerprint density at radius 2 is 1.95 bits per heavy atom. The summed E-state index contributed by atoms with van der Waals surface area (Å²) in [5, 5.41) is 0. The highest BCUT2D eigenvalue weighted by atomic mass is 16.2. The molecule has 1 aliphatic heterocycles. The molecule has 0 aromatic rings. The lowest BCUT2D eigenvalue weighted by atomic mass is 9.96. The van der Waals surface area contributed by atoms with Crippen LogP contribution in [0.5, 0.6) is 0 Å². The molecule has 2 rings (SSSR count). The summed E-state index contributed by atoms with van der Waals surface area (Å²) in [6, 6.07) is 0. The van der Waals surface area contributed by atoms with E-state index in [2.05, 4.69) is 11.8 Å². The third kappa shape index (κ3) is 3.97. The van der Waals surface area contributed by atoms with Gasteiger partial charge in [0, 0.05) is 32.6 Å². The van der Waals surface area contributed by atoms with Gasteiger partial charge in [-0.2, -0.15) is 0 Å². The Morgan fingerprint density at radius 1 is 1.20 bits per heavy atom. The number of rotatable bonds is 6. The van der Waals surface area contributed by atoms with Crippen LogP contribution < -0.4 is 0 Å². The Hall–Kier alpha value is -1.06. The van der Waals surface area contributed by atoms with Crippen LogP contribution in [-0.2, 0) is 9.59 Å². The summed E-state index contributed by atoms with van der Waals surface area (Å²) < 4.78 is 0. The molecule has 4 heteroatoms. The predicted octanol–water partition coefficient (Wildman–Crippen LogP) is 2.28. The maximum Gasteiger partial charge on any atom is 0.227 e. The van der Waals surface area contributed by atoms with E-state index in [1.807, 2.05) is 11.8 Å². The Morgan fingerprint density at radius 3 is 2.55 bits per heavy atom. The van der Waals surface area contributed by atoms with Crippen molar-refractivity contribution >= 4 is 11.8 Å². The van der Waals surface area contributed by atoms with Gasteiger partial charge in [-0.3, -0.25) is 9.59 Å². The SMILES string of the molecule is CCCN(CC1CC1)C(=O)C1CCCN(C(=O)CC)C1. The van der Waals surface area contributed by atoms with Crippen molar-refractivity contribution in [3.8, 4) is 0 Å². The first-order valence-corrected chi connectivity index (χ1v) is 8.22. The zero-order valence-corrected chi connectivity index (χ0v) is 12.9. The number of amides is 2. The zero-order chi connectivity index (χ0) is 14.5. The van der Waals surface area contributed by atoms with Gasteiger partial charge < -0.3 is 9.80 Å². The van der Waals surface area contributed by atoms with Crippen LogP contribution in [0.15, 0.2) is 0 Å². The van der Waals surface area contributed by atoms with Gasteiger partial charge in [0.2, 0.25) is 11.8 Å². The second-order valence-electron chi connectivity index (χ2n) is 6.26. The second-order valence-corrected chi connectivity index (χ2v) is 6.26. The molecule has 4 nitrogen and oxygen atoms in total. The van der Waals surface area contributed by atoms with Crippen LogP contribution in [-0.4, -0.2) is 47.8 Å². The monoisotopic (exact) mass is 280 g/mol. The molecule has 1 unspecified atom stereocenters. The quantitative estimate of drug-likeness (QED) is 0.749. The number of carbonyl (C=O) groups excluding carboxylic acids is 2. The molecular formula is C16H28N2O2. The first kappa shape index (κ1) is 15.3. The number of carbonyl (C=O) groups is 2. The van der Waals surface area contributed by atoms with Crippen LogP contribution in [0.1, 0.15) is 52.4 Å². The summed E-state index contributed by atoms with van der Waals surface area (Å²) in [6.07, 6.45) is 6.02. The number of likely N-dealkylation sites (tertiary alicyclic amines) is 1. The van der Waals surface area contributed by atoms with E-state index >= 15 is 0 Å². The van der Waals surface area contributed by atoms with Crippen molar-refractivity contribution in [3.63, 3.8) is 0 Å². The van der Waals surface area contributed by atoms with E-state index in [1.54, 1.807) is 0 Å². The summed E-state index contributed by atoms with van der Waals surface area (Å²) in [4.78, 5) is 28.5. The molecule has 0 aromatic heterocycles. The fraction of sp³-hybridized carbons (Fsp3) is 0.875. The molecule has 1 saturated heterocycles. The molecule has 20 heavy (non-hydrogen) atoms. The van der Waals surface area contributed by atoms with E-state index in [9.17, 15) is 9.59 Å². The third-order valence-electron chi connectivity index (χ3n) is 4.41. The lowest BCUT2D eigenvalue weighted by Crippen LogP contribution is -2.47. The zero-order valence-electron chi connectivity index (χ0n) is 12.9. The number of nitrogens with zero attached hydrogens (tertiary/aromatic N) is 2. The van der Waals surface area contributed by atoms with Gasteiger partial charge in [0.15, 0.2) is 0 Å². The first-order chi connectivity index (χ1) is 9.65. The Kier molecular flexibility index (Phi) is 5.44. The van der Waals surface area contributed by atoms with E-state index in [0.717, 1.165) is 44.8 Å². The van der Waals surface area contributed by atoms with E-state index < -0.39 is 0 Å². The number of hydrogen-bond acceptors (Lipinski definition) is 2. The van der Waals surface area contributed by atoms with Crippen LogP contribution in [0, 0.1) is 11.8 Å². The average Bonchev–Trinajstić information content (AvgIpc) is 3.29. The summed E-state index contributed by atoms with van der Waals surface area (Å²) in [7, 11) is 0. The van der Waals surface area contributed by atoms with Crippen molar-refractivity contribution in [2.75, 3.05) is 26.2 Å². The highest BCUT2D eigenvalue weighted by Crippen LogP contribution is 2.31. The fourth-order valence-electron chi connectivity index (χ4n) is 3.06. The molecule has 2 aliphatic rings. The van der Waals surface area contributed by atoms with Gasteiger partial charge >= 0.3 is 0 Å². The summed E-state index contributed by atoms with van der Waals surface area (Å²) >= 11 is 0. The third-order valence-corrected chi connectivity index (χ3v) is 4.41. The number of hydrogen-bond donors (Lipinski definition) is 0. The molecule has 114 valence electrons. The van der Waals surface area contributed by atoms with Crippen LogP contribution in [0.3, 0.4) is 0 Å². The van der Waals surface area contributed by atoms with Gasteiger partial charge in [0.05, 0.1) is 5.92 Å². The van der Waals surface area contributed by atoms with Crippen molar-refractivity contribution in [1.82, 2.24) is 9.80 Å². The summed E-state index contributed by atoms with van der Waals surface area (Å²) in [5.41, 5.74) is 0. The molecule has 0 radical (unpaired) electrons. The van der Waals surface area contributed by atoms with Crippen molar-refractivity contribution in [1.29, 1.82) is 0 Å². The maximum atomic E-state index is 12.7. The van der Waals surface area contributed by atoms with Gasteiger partial charge in [0.1, 0.15) is 0 Å². The average molecular weight is 280 g/mol. The van der Waals surface area contributed by atoms with Gasteiger partial charge in [0.25, 0.3) is 0 Å². The van der Waals surface area contributed by atoms with E-state index in [4.69, 9.17) is 0 Å². The predicted molar refractivity (Wildman–Crippen MR) is 79.2 cm³/mol. The van der Waals surface area contributed by atoms with Crippen LogP contribution >= 0.6 is 0 Å². The minimum Gasteiger partial charge on any atom is -0.342 e. The minimum absolute atomic E-state index is 0.0320. The molecule has 1 atom stereocenters. The van der Waals surface area contributed by atoms with Gasteiger partial charge in [-0.15, -0.1) is 0 Å². The molecule has 0 spiro atoms. The lowest BCUT2D eigenvalue weighted by molar-refractivity contribution is -0.141. The van der Waals surface area contributed by atoms with Crippen LogP contribution in [0.2, 0.25) is 0 Å². The van der Waals surface area contributed by atoms with E-state index in [1.165, 1.54) is 12.8 Å². The standard InChI is InChI=1S/C16H28N2O2/c1-3-9-18(11-13-7-8-13)16(20)14-6-5-10-17(12-14)15(19)4-2/h13-14H,3-12H2,1-2H3. The highest BCUT2D eigenvalue weighted by Gasteiger charge is 2.33. The largest absolute Gasteiger partial charge is 0.342 e. The summed E-state index contributed by atoms with van der Waals surface area (Å²) in [6.45, 7) is 7.28. The van der Waals surface area contributed by atoms with Crippen molar-refractivity contribution in [3.05, 3.63) is 0 Å². The van der Waals surface area contributed by atoms with E-state index in [-0.39, 0.29) is 17.7 Å². The van der Waals surface area contributed by atoms with Gasteiger partial charge in [-0.1, -0.05) is 13.8 Å². The Labute approximate surface area is 122 Å². The highest BCUT2D eigenvalue weighted by molar-refractivity contribution is 5.81. The van der Waals surface area contributed by atoms with Crippen LogP contribution in [0.4, 0.5) is 0 Å². The number of piperidine rings is 1. The van der Waals surface area contributed by atoms with Crippen molar-refractivity contribution in [2.45, 2.75) is 52.4 Å². The molecular weight excluding hydrogens is 252 g/mol.